The first-order valence-corrected chi connectivity index (χ1v) is 7.67. The Morgan fingerprint density at radius 2 is 1.86 bits per heavy atom. The highest BCUT2D eigenvalue weighted by molar-refractivity contribution is 9.10. The third-order valence-electron chi connectivity index (χ3n) is 3.15. The Morgan fingerprint density at radius 1 is 1.19 bits per heavy atom. The second-order valence-electron chi connectivity index (χ2n) is 4.94. The molecule has 0 heterocycles. The molecule has 2 rings (SSSR count). The van der Waals surface area contributed by atoms with Crippen LogP contribution in [-0.2, 0) is 13.1 Å². The Hall–Kier alpha value is -1.30. The number of halogens is 2. The highest BCUT2D eigenvalue weighted by atomic mass is 79.9. The molecule has 0 bridgehead atoms. The summed E-state index contributed by atoms with van der Waals surface area (Å²) in [5.74, 6) is -0.326. The molecule has 0 aliphatic rings. The van der Waals surface area contributed by atoms with Crippen molar-refractivity contribution in [2.45, 2.75) is 13.1 Å². The Kier molecular flexibility index (Phi) is 5.45. The van der Waals surface area contributed by atoms with Crippen LogP contribution >= 0.6 is 28.1 Å². The molecule has 0 spiro atoms. The summed E-state index contributed by atoms with van der Waals surface area (Å²) in [6.07, 6.45) is 0. The van der Waals surface area contributed by atoms with Gasteiger partial charge in [0.25, 0.3) is 0 Å². The molecule has 0 saturated carbocycles. The average Bonchev–Trinajstić information content (AvgIpc) is 2.43. The largest absolute Gasteiger partial charge is 0.389 e. The smallest absolute Gasteiger partial charge is 0.137 e. The van der Waals surface area contributed by atoms with Crippen LogP contribution in [0.15, 0.2) is 46.9 Å². The van der Waals surface area contributed by atoms with Gasteiger partial charge in [0.15, 0.2) is 0 Å². The molecule has 0 radical (unpaired) electrons. The van der Waals surface area contributed by atoms with E-state index in [0.717, 1.165) is 11.0 Å². The number of nitrogens with two attached hydrogens (primary N) is 1. The fourth-order valence-electron chi connectivity index (χ4n) is 2.14. The molecule has 0 unspecified atom stereocenters. The summed E-state index contributed by atoms with van der Waals surface area (Å²) in [5, 5.41) is 0. The van der Waals surface area contributed by atoms with Crippen molar-refractivity contribution < 1.29 is 4.39 Å². The van der Waals surface area contributed by atoms with E-state index in [1.165, 1.54) is 5.56 Å². The molecule has 2 N–H and O–H groups in total. The fraction of sp³-hybridized carbons (Fsp3) is 0.188. The molecule has 110 valence electrons. The maximum Gasteiger partial charge on any atom is 0.137 e. The topological polar surface area (TPSA) is 29.3 Å². The van der Waals surface area contributed by atoms with E-state index in [0.29, 0.717) is 17.7 Å². The maximum atomic E-state index is 14.3. The fourth-order valence-corrected chi connectivity index (χ4v) is 2.56. The third kappa shape index (κ3) is 4.33. The van der Waals surface area contributed by atoms with Gasteiger partial charge in [0.05, 0.1) is 0 Å². The van der Waals surface area contributed by atoms with Gasteiger partial charge in [-0.15, -0.1) is 0 Å². The van der Waals surface area contributed by atoms with Crippen LogP contribution in [0.1, 0.15) is 16.7 Å². The first kappa shape index (κ1) is 16.1. The summed E-state index contributed by atoms with van der Waals surface area (Å²) in [7, 11) is 1.95. The zero-order valence-corrected chi connectivity index (χ0v) is 14.0. The molecular formula is C16H16BrFN2S. The second-order valence-corrected chi connectivity index (χ2v) is 6.30. The summed E-state index contributed by atoms with van der Waals surface area (Å²) < 4.78 is 15.3. The van der Waals surface area contributed by atoms with Crippen LogP contribution in [-0.4, -0.2) is 16.9 Å². The highest BCUT2D eigenvalue weighted by Gasteiger charge is 2.11. The summed E-state index contributed by atoms with van der Waals surface area (Å²) in [4.78, 5) is 2.13. The zero-order valence-electron chi connectivity index (χ0n) is 11.6. The van der Waals surface area contributed by atoms with Gasteiger partial charge in [-0.2, -0.15) is 0 Å². The molecule has 0 amide bonds. The minimum atomic E-state index is -0.326. The van der Waals surface area contributed by atoms with Gasteiger partial charge in [-0.05, 0) is 30.8 Å². The number of benzene rings is 2. The van der Waals surface area contributed by atoms with Gasteiger partial charge in [-0.3, -0.25) is 4.90 Å². The molecule has 2 aromatic carbocycles. The SMILES string of the molecule is CN(Cc1ccc(Br)cc1)Cc1cccc(C(N)=S)c1F. The minimum Gasteiger partial charge on any atom is -0.389 e. The van der Waals surface area contributed by atoms with Crippen molar-refractivity contribution >= 4 is 33.1 Å². The highest BCUT2D eigenvalue weighted by Crippen LogP contribution is 2.17. The normalized spacial score (nSPS) is 10.9. The summed E-state index contributed by atoms with van der Waals surface area (Å²) >= 11 is 8.27. The Labute approximate surface area is 137 Å². The van der Waals surface area contributed by atoms with Crippen LogP contribution in [0.2, 0.25) is 0 Å². The molecule has 0 saturated heterocycles. The zero-order chi connectivity index (χ0) is 15.4. The lowest BCUT2D eigenvalue weighted by atomic mass is 10.1. The predicted octanol–water partition coefficient (Wildman–Crippen LogP) is 3.85. The van der Waals surface area contributed by atoms with E-state index < -0.39 is 0 Å². The van der Waals surface area contributed by atoms with E-state index in [1.54, 1.807) is 18.2 Å². The van der Waals surface area contributed by atoms with E-state index in [1.807, 2.05) is 36.2 Å². The molecule has 21 heavy (non-hydrogen) atoms. The van der Waals surface area contributed by atoms with Crippen LogP contribution in [0, 0.1) is 5.82 Å². The predicted molar refractivity (Wildman–Crippen MR) is 91.6 cm³/mol. The lowest BCUT2D eigenvalue weighted by Crippen LogP contribution is -2.19. The number of rotatable bonds is 5. The lowest BCUT2D eigenvalue weighted by molar-refractivity contribution is 0.313. The van der Waals surface area contributed by atoms with E-state index in [2.05, 4.69) is 15.9 Å². The van der Waals surface area contributed by atoms with Crippen LogP contribution in [0.5, 0.6) is 0 Å². The van der Waals surface area contributed by atoms with E-state index in [4.69, 9.17) is 18.0 Å². The average molecular weight is 367 g/mol. The van der Waals surface area contributed by atoms with Crippen molar-refractivity contribution in [2.75, 3.05) is 7.05 Å². The molecule has 2 aromatic rings. The van der Waals surface area contributed by atoms with Gasteiger partial charge in [-0.1, -0.05) is 52.4 Å². The molecule has 2 nitrogen and oxygen atoms in total. The summed E-state index contributed by atoms with van der Waals surface area (Å²) in [5.41, 5.74) is 7.60. The number of thiocarbonyl (C=S) groups is 1. The minimum absolute atomic E-state index is 0.0879. The van der Waals surface area contributed by atoms with Crippen molar-refractivity contribution in [2.24, 2.45) is 5.73 Å². The Balaban J connectivity index is 2.09. The molecule has 0 aliphatic heterocycles. The van der Waals surface area contributed by atoms with Gasteiger partial charge in [0.2, 0.25) is 0 Å². The van der Waals surface area contributed by atoms with E-state index >= 15 is 0 Å². The Morgan fingerprint density at radius 3 is 2.48 bits per heavy atom. The van der Waals surface area contributed by atoms with Crippen molar-refractivity contribution in [3.8, 4) is 0 Å². The van der Waals surface area contributed by atoms with Crippen molar-refractivity contribution in [1.82, 2.24) is 4.90 Å². The summed E-state index contributed by atoms with van der Waals surface area (Å²) in [6, 6.07) is 13.2. The quantitative estimate of drug-likeness (QED) is 0.814. The lowest BCUT2D eigenvalue weighted by Gasteiger charge is -2.18. The first-order valence-electron chi connectivity index (χ1n) is 6.47. The molecule has 0 aromatic heterocycles. The number of hydrogen-bond acceptors (Lipinski definition) is 2. The standard InChI is InChI=1S/C16H16BrFN2S/c1-20(9-11-5-7-13(17)8-6-11)10-12-3-2-4-14(15(12)18)16(19)21/h2-8H,9-10H2,1H3,(H2,19,21). The van der Waals surface area contributed by atoms with Crippen LogP contribution < -0.4 is 5.73 Å². The van der Waals surface area contributed by atoms with E-state index in [9.17, 15) is 4.39 Å². The second kappa shape index (κ2) is 7.11. The molecule has 0 atom stereocenters. The third-order valence-corrected chi connectivity index (χ3v) is 3.90. The first-order chi connectivity index (χ1) is 9.97. The van der Waals surface area contributed by atoms with Crippen LogP contribution in [0.25, 0.3) is 0 Å². The van der Waals surface area contributed by atoms with Gasteiger partial charge in [-0.25, -0.2) is 4.39 Å². The Bertz CT molecular complexity index is 643. The van der Waals surface area contributed by atoms with E-state index in [-0.39, 0.29) is 10.8 Å². The monoisotopic (exact) mass is 366 g/mol. The van der Waals surface area contributed by atoms with Crippen molar-refractivity contribution in [3.63, 3.8) is 0 Å². The molecule has 0 aliphatic carbocycles. The molecule has 5 heteroatoms. The maximum absolute atomic E-state index is 14.3. The summed E-state index contributed by atoms with van der Waals surface area (Å²) in [6.45, 7) is 1.24. The van der Waals surface area contributed by atoms with Gasteiger partial charge < -0.3 is 5.73 Å². The molecule has 0 fully saturated rings. The number of nitrogens with zero attached hydrogens (tertiary/aromatic N) is 1. The van der Waals surface area contributed by atoms with Crippen molar-refractivity contribution in [3.05, 3.63) is 69.4 Å². The number of hydrogen-bond donors (Lipinski definition) is 1. The van der Waals surface area contributed by atoms with Gasteiger partial charge in [0, 0.05) is 28.7 Å². The van der Waals surface area contributed by atoms with Crippen LogP contribution in [0.4, 0.5) is 4.39 Å². The van der Waals surface area contributed by atoms with Gasteiger partial charge >= 0.3 is 0 Å². The van der Waals surface area contributed by atoms with Crippen molar-refractivity contribution in [1.29, 1.82) is 0 Å². The van der Waals surface area contributed by atoms with Crippen LogP contribution in [0.3, 0.4) is 0 Å². The molecular weight excluding hydrogens is 351 g/mol. The van der Waals surface area contributed by atoms with Gasteiger partial charge in [0.1, 0.15) is 10.8 Å².